The molecule has 21 heavy (non-hydrogen) atoms. The van der Waals surface area contributed by atoms with Gasteiger partial charge in [-0.05, 0) is 46.4 Å². The lowest BCUT2D eigenvalue weighted by Gasteiger charge is -2.51. The van der Waals surface area contributed by atoms with Gasteiger partial charge in [-0.15, -0.1) is 0 Å². The molecule has 2 N–H and O–H groups in total. The molecule has 0 amide bonds. The molecule has 1 fully saturated rings. The number of rotatable bonds is 1. The lowest BCUT2D eigenvalue weighted by Crippen LogP contribution is -2.49. The van der Waals surface area contributed by atoms with E-state index < -0.39 is 0 Å². The summed E-state index contributed by atoms with van der Waals surface area (Å²) >= 11 is 0. The van der Waals surface area contributed by atoms with Crippen LogP contribution in [0.1, 0.15) is 52.5 Å². The fourth-order valence-corrected chi connectivity index (χ4v) is 5.04. The molecular formula is C20H27N. The molecule has 0 heterocycles. The second-order valence-corrected chi connectivity index (χ2v) is 8.54. The predicted molar refractivity (Wildman–Crippen MR) is 91.2 cm³/mol. The van der Waals surface area contributed by atoms with Crippen LogP contribution >= 0.6 is 0 Å². The molecule has 112 valence electrons. The third kappa shape index (κ3) is 2.72. The van der Waals surface area contributed by atoms with Crippen LogP contribution < -0.4 is 5.73 Å². The van der Waals surface area contributed by atoms with Gasteiger partial charge in [0, 0.05) is 5.54 Å². The third-order valence-electron chi connectivity index (χ3n) is 4.87. The lowest BCUT2D eigenvalue weighted by molar-refractivity contribution is 0.0477. The predicted octanol–water partition coefficient (Wildman–Crippen LogP) is 5.23. The molecule has 1 heteroatoms. The molecule has 1 saturated carbocycles. The first kappa shape index (κ1) is 14.6. The Bertz CT molecular complexity index is 645. The highest BCUT2D eigenvalue weighted by Gasteiger charge is 2.46. The SMILES string of the molecule is CC1(C)CC(C)(C)CC(N)(c2cccc3ccccc23)C1. The Labute approximate surface area is 128 Å². The highest BCUT2D eigenvalue weighted by atomic mass is 14.8. The van der Waals surface area contributed by atoms with Crippen LogP contribution in [0.3, 0.4) is 0 Å². The summed E-state index contributed by atoms with van der Waals surface area (Å²) in [7, 11) is 0. The Kier molecular flexibility index (Phi) is 3.18. The average Bonchev–Trinajstić information content (AvgIpc) is 2.33. The summed E-state index contributed by atoms with van der Waals surface area (Å²) < 4.78 is 0. The van der Waals surface area contributed by atoms with E-state index in [-0.39, 0.29) is 16.4 Å². The number of hydrogen-bond acceptors (Lipinski definition) is 1. The molecule has 0 bridgehead atoms. The summed E-state index contributed by atoms with van der Waals surface area (Å²) in [5, 5.41) is 2.61. The highest BCUT2D eigenvalue weighted by Crippen LogP contribution is 2.53. The number of hydrogen-bond donors (Lipinski definition) is 1. The van der Waals surface area contributed by atoms with Gasteiger partial charge in [0.15, 0.2) is 0 Å². The largest absolute Gasteiger partial charge is 0.321 e. The molecule has 1 aliphatic carbocycles. The van der Waals surface area contributed by atoms with Gasteiger partial charge in [-0.3, -0.25) is 0 Å². The first-order chi connectivity index (χ1) is 9.71. The molecule has 0 atom stereocenters. The Morgan fingerprint density at radius 3 is 2.00 bits per heavy atom. The van der Waals surface area contributed by atoms with E-state index in [1.54, 1.807) is 0 Å². The van der Waals surface area contributed by atoms with Gasteiger partial charge in [-0.25, -0.2) is 0 Å². The summed E-state index contributed by atoms with van der Waals surface area (Å²) in [4.78, 5) is 0. The van der Waals surface area contributed by atoms with Gasteiger partial charge in [0.1, 0.15) is 0 Å². The van der Waals surface area contributed by atoms with Crippen LogP contribution in [0, 0.1) is 10.8 Å². The molecule has 0 aromatic heterocycles. The summed E-state index contributed by atoms with van der Waals surface area (Å²) in [6.45, 7) is 9.45. The van der Waals surface area contributed by atoms with Gasteiger partial charge < -0.3 is 5.73 Å². The molecule has 1 aliphatic rings. The van der Waals surface area contributed by atoms with Crippen LogP contribution in [0.25, 0.3) is 10.8 Å². The van der Waals surface area contributed by atoms with Crippen molar-refractivity contribution in [3.63, 3.8) is 0 Å². The van der Waals surface area contributed by atoms with Crippen molar-refractivity contribution in [1.82, 2.24) is 0 Å². The maximum atomic E-state index is 7.00. The zero-order valence-corrected chi connectivity index (χ0v) is 13.7. The Hall–Kier alpha value is -1.34. The fourth-order valence-electron chi connectivity index (χ4n) is 5.04. The topological polar surface area (TPSA) is 26.0 Å². The fraction of sp³-hybridized carbons (Fsp3) is 0.500. The Morgan fingerprint density at radius 2 is 1.33 bits per heavy atom. The molecule has 0 unspecified atom stereocenters. The smallest absolute Gasteiger partial charge is 0.0426 e. The summed E-state index contributed by atoms with van der Waals surface area (Å²) in [5.41, 5.74) is 8.66. The quantitative estimate of drug-likeness (QED) is 0.761. The van der Waals surface area contributed by atoms with Crippen molar-refractivity contribution in [3.05, 3.63) is 48.0 Å². The second kappa shape index (κ2) is 4.58. The van der Waals surface area contributed by atoms with Crippen molar-refractivity contribution < 1.29 is 0 Å². The van der Waals surface area contributed by atoms with E-state index in [9.17, 15) is 0 Å². The number of nitrogens with two attached hydrogens (primary N) is 1. The van der Waals surface area contributed by atoms with Crippen LogP contribution in [0.4, 0.5) is 0 Å². The van der Waals surface area contributed by atoms with Gasteiger partial charge >= 0.3 is 0 Å². The number of benzene rings is 2. The number of fused-ring (bicyclic) bond motifs is 1. The summed E-state index contributed by atoms with van der Waals surface area (Å²) in [6.07, 6.45) is 3.35. The second-order valence-electron chi connectivity index (χ2n) is 8.54. The van der Waals surface area contributed by atoms with Crippen molar-refractivity contribution in [2.45, 2.75) is 52.5 Å². The van der Waals surface area contributed by atoms with E-state index in [0.29, 0.717) is 0 Å². The van der Waals surface area contributed by atoms with Crippen LogP contribution in [0.15, 0.2) is 42.5 Å². The normalized spacial score (nSPS) is 23.1. The standard InChI is InChI=1S/C20H27N/c1-18(2)12-19(3,4)14-20(21,13-18)17-11-7-9-15-8-5-6-10-16(15)17/h5-11H,12-14,21H2,1-4H3. The zero-order valence-electron chi connectivity index (χ0n) is 13.7. The van der Waals surface area contributed by atoms with Gasteiger partial charge in [0.05, 0.1) is 0 Å². The molecule has 0 spiro atoms. The maximum Gasteiger partial charge on any atom is 0.0426 e. The molecule has 0 aliphatic heterocycles. The molecule has 3 rings (SSSR count). The molecule has 0 saturated heterocycles. The third-order valence-corrected chi connectivity index (χ3v) is 4.87. The van der Waals surface area contributed by atoms with Crippen molar-refractivity contribution in [1.29, 1.82) is 0 Å². The van der Waals surface area contributed by atoms with Gasteiger partial charge in [0.25, 0.3) is 0 Å². The van der Waals surface area contributed by atoms with Crippen molar-refractivity contribution in [2.24, 2.45) is 16.6 Å². The van der Waals surface area contributed by atoms with Gasteiger partial charge in [-0.1, -0.05) is 70.2 Å². The van der Waals surface area contributed by atoms with Crippen molar-refractivity contribution in [2.75, 3.05) is 0 Å². The minimum absolute atomic E-state index is 0.230. The van der Waals surface area contributed by atoms with Crippen LogP contribution in [-0.2, 0) is 5.54 Å². The van der Waals surface area contributed by atoms with E-state index in [2.05, 4.69) is 70.2 Å². The van der Waals surface area contributed by atoms with Crippen LogP contribution in [0.2, 0.25) is 0 Å². The van der Waals surface area contributed by atoms with Crippen molar-refractivity contribution in [3.8, 4) is 0 Å². The Balaban J connectivity index is 2.16. The molecule has 0 radical (unpaired) electrons. The van der Waals surface area contributed by atoms with Crippen LogP contribution in [-0.4, -0.2) is 0 Å². The minimum Gasteiger partial charge on any atom is -0.321 e. The zero-order chi connectivity index (χ0) is 15.3. The Morgan fingerprint density at radius 1 is 0.762 bits per heavy atom. The maximum absolute atomic E-state index is 7.00. The van der Waals surface area contributed by atoms with E-state index >= 15 is 0 Å². The van der Waals surface area contributed by atoms with Gasteiger partial charge in [-0.2, -0.15) is 0 Å². The first-order valence-corrected chi connectivity index (χ1v) is 7.98. The van der Waals surface area contributed by atoms with Gasteiger partial charge in [0.2, 0.25) is 0 Å². The highest BCUT2D eigenvalue weighted by molar-refractivity contribution is 5.86. The van der Waals surface area contributed by atoms with E-state index in [1.807, 2.05) is 0 Å². The molecular weight excluding hydrogens is 254 g/mol. The molecule has 1 nitrogen and oxygen atoms in total. The minimum atomic E-state index is -0.230. The summed E-state index contributed by atoms with van der Waals surface area (Å²) in [5.74, 6) is 0. The summed E-state index contributed by atoms with van der Waals surface area (Å²) in [6, 6.07) is 15.2. The monoisotopic (exact) mass is 281 g/mol. The molecule has 2 aromatic carbocycles. The van der Waals surface area contributed by atoms with E-state index in [4.69, 9.17) is 5.73 Å². The van der Waals surface area contributed by atoms with E-state index in [1.165, 1.54) is 22.8 Å². The lowest BCUT2D eigenvalue weighted by atomic mass is 9.57. The average molecular weight is 281 g/mol. The van der Waals surface area contributed by atoms with Crippen LogP contribution in [0.5, 0.6) is 0 Å². The van der Waals surface area contributed by atoms with Crippen molar-refractivity contribution >= 4 is 10.8 Å². The first-order valence-electron chi connectivity index (χ1n) is 7.98. The molecule has 2 aromatic rings. The van der Waals surface area contributed by atoms with E-state index in [0.717, 1.165) is 12.8 Å².